The van der Waals surface area contributed by atoms with Gasteiger partial charge in [-0.3, -0.25) is 9.59 Å². The molecule has 0 saturated heterocycles. The SMILES string of the molecule is C=C/C=c1/ccc(C(=O)NCC(=O)O)n/c1=C/C=C. The largest absolute Gasteiger partial charge is 0.480 e. The number of aliphatic carboxylic acids is 1. The van der Waals surface area contributed by atoms with Gasteiger partial charge in [0.2, 0.25) is 0 Å². The summed E-state index contributed by atoms with van der Waals surface area (Å²) in [5.41, 5.74) is 0.149. The Balaban J connectivity index is 3.16. The van der Waals surface area contributed by atoms with E-state index in [1.54, 1.807) is 30.4 Å². The van der Waals surface area contributed by atoms with Crippen LogP contribution in [-0.2, 0) is 4.79 Å². The van der Waals surface area contributed by atoms with Gasteiger partial charge < -0.3 is 10.4 Å². The number of amides is 1. The first-order valence-corrected chi connectivity index (χ1v) is 5.51. The molecule has 98 valence electrons. The third kappa shape index (κ3) is 4.23. The van der Waals surface area contributed by atoms with Gasteiger partial charge in [0.15, 0.2) is 0 Å². The quantitative estimate of drug-likeness (QED) is 0.768. The van der Waals surface area contributed by atoms with E-state index in [1.165, 1.54) is 6.07 Å². The molecular formula is C14H14N2O3. The Kier molecular flexibility index (Phi) is 5.22. The number of allylic oxidation sites excluding steroid dienone is 2. The lowest BCUT2D eigenvalue weighted by Gasteiger charge is -2.01. The molecule has 1 heterocycles. The van der Waals surface area contributed by atoms with E-state index in [0.29, 0.717) is 5.35 Å². The van der Waals surface area contributed by atoms with Crippen molar-refractivity contribution >= 4 is 24.0 Å². The van der Waals surface area contributed by atoms with Crippen molar-refractivity contribution < 1.29 is 14.7 Å². The molecule has 0 atom stereocenters. The number of nitrogens with one attached hydrogen (secondary N) is 1. The van der Waals surface area contributed by atoms with Gasteiger partial charge in [-0.1, -0.05) is 37.5 Å². The lowest BCUT2D eigenvalue weighted by molar-refractivity contribution is -0.135. The fraction of sp³-hybridized carbons (Fsp3) is 0.0714. The molecule has 0 bridgehead atoms. The molecule has 0 aliphatic carbocycles. The molecule has 0 radical (unpaired) electrons. The third-order valence-electron chi connectivity index (χ3n) is 2.16. The summed E-state index contributed by atoms with van der Waals surface area (Å²) < 4.78 is 0. The Labute approximate surface area is 110 Å². The molecule has 5 heteroatoms. The van der Waals surface area contributed by atoms with Crippen molar-refractivity contribution in [1.82, 2.24) is 10.3 Å². The van der Waals surface area contributed by atoms with E-state index >= 15 is 0 Å². The van der Waals surface area contributed by atoms with Crippen LogP contribution in [0.25, 0.3) is 12.2 Å². The van der Waals surface area contributed by atoms with Gasteiger partial charge in [0.05, 0.1) is 5.35 Å². The lowest BCUT2D eigenvalue weighted by Crippen LogP contribution is -2.34. The van der Waals surface area contributed by atoms with Crippen LogP contribution in [0.2, 0.25) is 0 Å². The maximum atomic E-state index is 11.7. The number of carbonyl (C=O) groups excluding carboxylic acids is 1. The van der Waals surface area contributed by atoms with Gasteiger partial charge in [-0.2, -0.15) is 0 Å². The highest BCUT2D eigenvalue weighted by molar-refractivity contribution is 5.94. The highest BCUT2D eigenvalue weighted by Gasteiger charge is 2.08. The summed E-state index contributed by atoms with van der Waals surface area (Å²) in [5, 5.41) is 12.1. The van der Waals surface area contributed by atoms with Crippen molar-refractivity contribution in [1.29, 1.82) is 0 Å². The third-order valence-corrected chi connectivity index (χ3v) is 2.16. The topological polar surface area (TPSA) is 79.3 Å². The Morgan fingerprint density at radius 1 is 1.26 bits per heavy atom. The van der Waals surface area contributed by atoms with Gasteiger partial charge >= 0.3 is 5.97 Å². The van der Waals surface area contributed by atoms with Crippen molar-refractivity contribution in [3.8, 4) is 0 Å². The van der Waals surface area contributed by atoms with Crippen molar-refractivity contribution in [2.45, 2.75) is 0 Å². The van der Waals surface area contributed by atoms with Crippen LogP contribution in [0.1, 0.15) is 10.5 Å². The van der Waals surface area contributed by atoms with Crippen molar-refractivity contribution in [3.63, 3.8) is 0 Å². The zero-order chi connectivity index (χ0) is 14.3. The smallest absolute Gasteiger partial charge is 0.322 e. The number of nitrogens with zero attached hydrogens (tertiary/aromatic N) is 1. The number of carboxylic acid groups (broad SMARTS) is 1. The summed E-state index contributed by atoms with van der Waals surface area (Å²) in [7, 11) is 0. The van der Waals surface area contributed by atoms with E-state index < -0.39 is 18.4 Å². The average Bonchev–Trinajstić information content (AvgIpc) is 2.38. The molecule has 0 aliphatic rings. The zero-order valence-electron chi connectivity index (χ0n) is 10.3. The molecule has 0 saturated carbocycles. The summed E-state index contributed by atoms with van der Waals surface area (Å²) in [6.45, 7) is 6.73. The molecule has 1 aromatic heterocycles. The average molecular weight is 258 g/mol. The summed E-state index contributed by atoms with van der Waals surface area (Å²) in [5.74, 6) is -1.64. The number of hydrogen-bond acceptors (Lipinski definition) is 3. The molecular weight excluding hydrogens is 244 g/mol. The van der Waals surface area contributed by atoms with Crippen LogP contribution in [0.15, 0.2) is 37.4 Å². The van der Waals surface area contributed by atoms with Crippen molar-refractivity contribution in [2.75, 3.05) is 6.54 Å². The molecule has 0 fully saturated rings. The first-order valence-electron chi connectivity index (χ1n) is 5.51. The molecule has 0 unspecified atom stereocenters. The molecule has 2 N–H and O–H groups in total. The van der Waals surface area contributed by atoms with Gasteiger partial charge in [0.25, 0.3) is 5.91 Å². The number of aromatic nitrogens is 1. The predicted molar refractivity (Wildman–Crippen MR) is 72.8 cm³/mol. The molecule has 19 heavy (non-hydrogen) atoms. The predicted octanol–water partition coefficient (Wildman–Crippen LogP) is -0.171. The van der Waals surface area contributed by atoms with Crippen LogP contribution < -0.4 is 15.9 Å². The lowest BCUT2D eigenvalue weighted by atomic mass is 10.2. The molecule has 5 nitrogen and oxygen atoms in total. The second-order valence-corrected chi connectivity index (χ2v) is 3.55. The number of carboxylic acids is 1. The van der Waals surface area contributed by atoms with Crippen molar-refractivity contribution in [3.05, 3.63) is 53.7 Å². The minimum atomic E-state index is -1.11. The zero-order valence-corrected chi connectivity index (χ0v) is 10.3. The summed E-state index contributed by atoms with van der Waals surface area (Å²) >= 11 is 0. The Hall–Kier alpha value is -2.69. The summed E-state index contributed by atoms with van der Waals surface area (Å²) in [4.78, 5) is 26.2. The molecule has 0 aromatic carbocycles. The van der Waals surface area contributed by atoms with Crippen LogP contribution in [0, 0.1) is 0 Å². The van der Waals surface area contributed by atoms with Crippen LogP contribution in [0.5, 0.6) is 0 Å². The minimum Gasteiger partial charge on any atom is -0.480 e. The van der Waals surface area contributed by atoms with E-state index in [4.69, 9.17) is 5.11 Å². The van der Waals surface area contributed by atoms with Crippen LogP contribution in [-0.4, -0.2) is 28.5 Å². The Morgan fingerprint density at radius 3 is 2.53 bits per heavy atom. The highest BCUT2D eigenvalue weighted by atomic mass is 16.4. The molecule has 1 aromatic rings. The highest BCUT2D eigenvalue weighted by Crippen LogP contribution is 1.88. The standard InChI is InChI=1S/C14H14N2O3/c1-3-5-10-7-8-12(16-11(10)6-4-2)14(19)15-9-13(17)18/h3-8H,1-2,9H2,(H,15,19)(H,17,18)/b10-5-,11-6+. The van der Waals surface area contributed by atoms with E-state index in [1.807, 2.05) is 0 Å². The number of carbonyl (C=O) groups is 2. The monoisotopic (exact) mass is 258 g/mol. The van der Waals surface area contributed by atoms with Gasteiger partial charge in [-0.15, -0.1) is 0 Å². The van der Waals surface area contributed by atoms with Crippen LogP contribution in [0.3, 0.4) is 0 Å². The number of hydrogen-bond donors (Lipinski definition) is 2. The van der Waals surface area contributed by atoms with Crippen molar-refractivity contribution in [2.24, 2.45) is 0 Å². The van der Waals surface area contributed by atoms with Gasteiger partial charge in [0, 0.05) is 5.22 Å². The Morgan fingerprint density at radius 2 is 1.95 bits per heavy atom. The minimum absolute atomic E-state index is 0.149. The fourth-order valence-electron chi connectivity index (χ4n) is 1.37. The van der Waals surface area contributed by atoms with E-state index in [2.05, 4.69) is 23.5 Å². The maximum absolute atomic E-state index is 11.7. The number of pyridine rings is 1. The van der Waals surface area contributed by atoms with E-state index in [0.717, 1.165) is 5.22 Å². The van der Waals surface area contributed by atoms with Gasteiger partial charge in [-0.25, -0.2) is 4.98 Å². The van der Waals surface area contributed by atoms with Gasteiger partial charge in [0.1, 0.15) is 12.2 Å². The van der Waals surface area contributed by atoms with Gasteiger partial charge in [-0.05, 0) is 12.1 Å². The fourth-order valence-corrected chi connectivity index (χ4v) is 1.37. The molecule has 1 rings (SSSR count). The first kappa shape index (κ1) is 14.4. The maximum Gasteiger partial charge on any atom is 0.322 e. The van der Waals surface area contributed by atoms with E-state index in [9.17, 15) is 9.59 Å². The Bertz CT molecular complexity index is 633. The summed E-state index contributed by atoms with van der Waals surface area (Å²) in [6.07, 6.45) is 6.58. The molecule has 0 aliphatic heterocycles. The number of rotatable bonds is 5. The first-order chi connectivity index (χ1) is 9.08. The molecule has 0 spiro atoms. The molecule has 1 amide bonds. The van der Waals surface area contributed by atoms with Crippen LogP contribution >= 0.6 is 0 Å². The van der Waals surface area contributed by atoms with Crippen LogP contribution in [0.4, 0.5) is 0 Å². The summed E-state index contributed by atoms with van der Waals surface area (Å²) in [6, 6.07) is 3.23. The normalized spacial score (nSPS) is 12.0. The van der Waals surface area contributed by atoms with E-state index in [-0.39, 0.29) is 5.69 Å². The second kappa shape index (κ2) is 6.90. The second-order valence-electron chi connectivity index (χ2n) is 3.55.